The van der Waals surface area contributed by atoms with Crippen molar-refractivity contribution < 1.29 is 0 Å². The summed E-state index contributed by atoms with van der Waals surface area (Å²) in [7, 11) is 0. The molecule has 2 aromatic heterocycles. The molecule has 0 spiro atoms. The number of hydrogen-bond acceptors (Lipinski definition) is 7. The Bertz CT molecular complexity index is 604. The van der Waals surface area contributed by atoms with E-state index in [4.69, 9.17) is 0 Å². The van der Waals surface area contributed by atoms with Gasteiger partial charge in [0.05, 0.1) is 0 Å². The fourth-order valence-electron chi connectivity index (χ4n) is 1.57. The summed E-state index contributed by atoms with van der Waals surface area (Å²) < 4.78 is 0.910. The lowest BCUT2D eigenvalue weighted by Crippen LogP contribution is -2.17. The molecule has 0 aromatic carbocycles. The summed E-state index contributed by atoms with van der Waals surface area (Å²) in [5.74, 6) is 1.72. The van der Waals surface area contributed by atoms with Gasteiger partial charge in [-0.1, -0.05) is 39.0 Å². The van der Waals surface area contributed by atoms with E-state index in [0.29, 0.717) is 0 Å². The Morgan fingerprint density at radius 2 is 2.00 bits per heavy atom. The second kappa shape index (κ2) is 6.70. The zero-order valence-corrected chi connectivity index (χ0v) is 14.7. The van der Waals surface area contributed by atoms with E-state index in [1.54, 1.807) is 23.1 Å². The van der Waals surface area contributed by atoms with Crippen molar-refractivity contribution in [2.75, 3.05) is 11.9 Å². The van der Waals surface area contributed by atoms with Gasteiger partial charge in [-0.25, -0.2) is 9.97 Å². The molecule has 0 fully saturated rings. The van der Waals surface area contributed by atoms with Crippen molar-refractivity contribution in [3.8, 4) is 0 Å². The smallest absolute Gasteiger partial charge is 0.180 e. The Kier molecular flexibility index (Phi) is 5.16. The highest BCUT2D eigenvalue weighted by molar-refractivity contribution is 8.01. The van der Waals surface area contributed by atoms with E-state index >= 15 is 0 Å². The third-order valence-electron chi connectivity index (χ3n) is 2.63. The molecule has 21 heavy (non-hydrogen) atoms. The van der Waals surface area contributed by atoms with Crippen molar-refractivity contribution in [2.45, 2.75) is 55.8 Å². The Balaban J connectivity index is 2.30. The molecule has 5 nitrogen and oxygen atoms in total. The summed E-state index contributed by atoms with van der Waals surface area (Å²) in [5, 5.41) is 13.4. The molecule has 2 aromatic rings. The molecular weight excluding hydrogens is 302 g/mol. The molecule has 0 aliphatic rings. The van der Waals surface area contributed by atoms with Gasteiger partial charge in [-0.2, -0.15) is 0 Å². The molecule has 0 aliphatic heterocycles. The van der Waals surface area contributed by atoms with E-state index in [0.717, 1.165) is 39.0 Å². The summed E-state index contributed by atoms with van der Waals surface area (Å²) in [6.45, 7) is 11.4. The SMILES string of the molecule is CCCNc1cc(Sc2nnc(C)s2)nc(C(C)(C)C)n1. The van der Waals surface area contributed by atoms with Crippen LogP contribution in [-0.2, 0) is 5.41 Å². The van der Waals surface area contributed by atoms with Gasteiger partial charge in [-0.15, -0.1) is 10.2 Å². The number of nitrogens with zero attached hydrogens (tertiary/aromatic N) is 4. The van der Waals surface area contributed by atoms with Gasteiger partial charge < -0.3 is 5.32 Å². The predicted molar refractivity (Wildman–Crippen MR) is 88.3 cm³/mol. The minimum atomic E-state index is -0.0870. The molecule has 114 valence electrons. The van der Waals surface area contributed by atoms with E-state index < -0.39 is 0 Å². The summed E-state index contributed by atoms with van der Waals surface area (Å²) in [4.78, 5) is 9.29. The van der Waals surface area contributed by atoms with Gasteiger partial charge in [0, 0.05) is 18.0 Å². The lowest BCUT2D eigenvalue weighted by molar-refractivity contribution is 0.539. The highest BCUT2D eigenvalue weighted by atomic mass is 32.2. The molecule has 7 heteroatoms. The van der Waals surface area contributed by atoms with Crippen LogP contribution in [0.5, 0.6) is 0 Å². The zero-order chi connectivity index (χ0) is 15.5. The summed E-state index contributed by atoms with van der Waals surface area (Å²) in [6, 6.07) is 1.98. The molecule has 0 amide bonds. The molecule has 0 aliphatic carbocycles. The van der Waals surface area contributed by atoms with Crippen LogP contribution in [0.1, 0.15) is 44.9 Å². The number of anilines is 1. The van der Waals surface area contributed by atoms with Gasteiger partial charge in [-0.3, -0.25) is 0 Å². The second-order valence-corrected chi connectivity index (χ2v) is 8.23. The second-order valence-electron chi connectivity index (χ2n) is 5.78. The molecule has 0 saturated heterocycles. The maximum absolute atomic E-state index is 4.67. The van der Waals surface area contributed by atoms with Crippen LogP contribution in [0.2, 0.25) is 0 Å². The Hall–Kier alpha value is -1.21. The number of aromatic nitrogens is 4. The van der Waals surface area contributed by atoms with E-state index in [9.17, 15) is 0 Å². The first-order chi connectivity index (χ1) is 9.88. The van der Waals surface area contributed by atoms with E-state index in [2.05, 4.69) is 53.2 Å². The van der Waals surface area contributed by atoms with Crippen LogP contribution in [0.3, 0.4) is 0 Å². The minimum Gasteiger partial charge on any atom is -0.370 e. The molecule has 0 atom stereocenters. The van der Waals surface area contributed by atoms with Gasteiger partial charge in [0.2, 0.25) is 0 Å². The fraction of sp³-hybridized carbons (Fsp3) is 0.571. The average Bonchev–Trinajstić information content (AvgIpc) is 2.80. The topological polar surface area (TPSA) is 63.6 Å². The monoisotopic (exact) mass is 323 g/mol. The first-order valence-electron chi connectivity index (χ1n) is 7.00. The maximum atomic E-state index is 4.67. The Labute approximate surface area is 134 Å². The fourth-order valence-corrected chi connectivity index (χ4v) is 3.33. The van der Waals surface area contributed by atoms with Crippen LogP contribution < -0.4 is 5.32 Å². The van der Waals surface area contributed by atoms with Gasteiger partial charge in [0.25, 0.3) is 0 Å². The maximum Gasteiger partial charge on any atom is 0.180 e. The first-order valence-corrected chi connectivity index (χ1v) is 8.63. The van der Waals surface area contributed by atoms with Crippen molar-refractivity contribution in [3.63, 3.8) is 0 Å². The highest BCUT2D eigenvalue weighted by Gasteiger charge is 2.20. The van der Waals surface area contributed by atoms with Gasteiger partial charge in [0.1, 0.15) is 21.7 Å². The Morgan fingerprint density at radius 3 is 2.57 bits per heavy atom. The standard InChI is InChI=1S/C14H21N5S2/c1-6-7-15-10-8-11(17-12(16-10)14(3,4)5)21-13-19-18-9(2)20-13/h8H,6-7H2,1-5H3,(H,15,16,17). The van der Waals surface area contributed by atoms with E-state index in [1.165, 1.54) is 0 Å². The normalized spacial score (nSPS) is 11.7. The van der Waals surface area contributed by atoms with Crippen molar-refractivity contribution in [2.24, 2.45) is 0 Å². The molecular formula is C14H21N5S2. The van der Waals surface area contributed by atoms with Crippen LogP contribution in [0.4, 0.5) is 5.82 Å². The lowest BCUT2D eigenvalue weighted by atomic mass is 9.96. The van der Waals surface area contributed by atoms with Crippen LogP contribution in [0.15, 0.2) is 15.4 Å². The van der Waals surface area contributed by atoms with Crippen LogP contribution in [0, 0.1) is 6.92 Å². The molecule has 0 unspecified atom stereocenters. The molecule has 0 saturated carbocycles. The third-order valence-corrected chi connectivity index (χ3v) is 4.44. The van der Waals surface area contributed by atoms with Crippen LogP contribution >= 0.6 is 23.1 Å². The molecule has 1 N–H and O–H groups in total. The molecule has 2 rings (SSSR count). The van der Waals surface area contributed by atoms with E-state index in [1.807, 2.05) is 13.0 Å². The highest BCUT2D eigenvalue weighted by Crippen LogP contribution is 2.31. The van der Waals surface area contributed by atoms with Crippen LogP contribution in [0.25, 0.3) is 0 Å². The van der Waals surface area contributed by atoms with Gasteiger partial charge in [-0.05, 0) is 25.1 Å². The quantitative estimate of drug-likeness (QED) is 0.842. The lowest BCUT2D eigenvalue weighted by Gasteiger charge is -2.18. The minimum absolute atomic E-state index is 0.0870. The van der Waals surface area contributed by atoms with E-state index in [-0.39, 0.29) is 5.41 Å². The summed E-state index contributed by atoms with van der Waals surface area (Å²) in [6.07, 6.45) is 1.06. The van der Waals surface area contributed by atoms with Crippen molar-refractivity contribution in [3.05, 3.63) is 16.9 Å². The summed E-state index contributed by atoms with van der Waals surface area (Å²) >= 11 is 3.12. The number of aryl methyl sites for hydroxylation is 1. The molecule has 2 heterocycles. The third kappa shape index (κ3) is 4.64. The molecule has 0 bridgehead atoms. The van der Waals surface area contributed by atoms with Crippen LogP contribution in [-0.4, -0.2) is 26.7 Å². The zero-order valence-electron chi connectivity index (χ0n) is 13.1. The largest absolute Gasteiger partial charge is 0.370 e. The van der Waals surface area contributed by atoms with Gasteiger partial charge in [0.15, 0.2) is 4.34 Å². The van der Waals surface area contributed by atoms with Crippen molar-refractivity contribution >= 4 is 28.9 Å². The van der Waals surface area contributed by atoms with Gasteiger partial charge >= 0.3 is 0 Å². The first kappa shape index (κ1) is 16.2. The number of nitrogens with one attached hydrogen (secondary N) is 1. The predicted octanol–water partition coefficient (Wildman–Crippen LogP) is 3.91. The van der Waals surface area contributed by atoms with Crippen molar-refractivity contribution in [1.82, 2.24) is 20.2 Å². The number of rotatable bonds is 5. The van der Waals surface area contributed by atoms with Crippen molar-refractivity contribution in [1.29, 1.82) is 0 Å². The number of hydrogen-bond donors (Lipinski definition) is 1. The Morgan fingerprint density at radius 1 is 1.24 bits per heavy atom. The molecule has 0 radical (unpaired) electrons. The summed E-state index contributed by atoms with van der Waals surface area (Å²) in [5.41, 5.74) is -0.0870. The average molecular weight is 323 g/mol.